The zero-order chi connectivity index (χ0) is 10.9. The molecule has 1 aliphatic rings. The van der Waals surface area contributed by atoms with E-state index >= 15 is 0 Å². The highest BCUT2D eigenvalue weighted by molar-refractivity contribution is 7.46. The van der Waals surface area contributed by atoms with E-state index in [2.05, 4.69) is 9.26 Å². The summed E-state index contributed by atoms with van der Waals surface area (Å²) in [5.74, 6) is 0. The van der Waals surface area contributed by atoms with Crippen molar-refractivity contribution in [2.24, 2.45) is 0 Å². The lowest BCUT2D eigenvalue weighted by atomic mass is 10.1. The van der Waals surface area contributed by atoms with Crippen molar-refractivity contribution >= 4 is 7.82 Å². The summed E-state index contributed by atoms with van der Waals surface area (Å²) in [5.41, 5.74) is 0. The first kappa shape index (κ1) is 12.0. The summed E-state index contributed by atoms with van der Waals surface area (Å²) in [7, 11) is -4.64. The molecule has 0 spiro atoms. The zero-order valence-corrected chi connectivity index (χ0v) is 7.82. The second-order valence-corrected chi connectivity index (χ2v) is 4.07. The number of aliphatic hydroxyl groups is 3. The number of hydrogen-bond donors (Lipinski definition) is 5. The van der Waals surface area contributed by atoms with E-state index in [9.17, 15) is 4.57 Å². The van der Waals surface area contributed by atoms with Gasteiger partial charge in [0, 0.05) is 0 Å². The lowest BCUT2D eigenvalue weighted by molar-refractivity contribution is -0.132. The molecular weight excluding hydrogens is 219 g/mol. The lowest BCUT2D eigenvalue weighted by Crippen LogP contribution is -2.34. The summed E-state index contributed by atoms with van der Waals surface area (Å²) in [6, 6.07) is 0. The molecule has 0 aromatic heterocycles. The van der Waals surface area contributed by atoms with E-state index in [0.717, 1.165) is 0 Å². The number of hydrogen-bond acceptors (Lipinski definition) is 6. The summed E-state index contributed by atoms with van der Waals surface area (Å²) in [4.78, 5) is 16.6. The standard InChI is InChI=1S/C5H11O8P/c6-3-2(1-12-14(9,10)11)13-5(8)4(3)7/h2-8H,1H2,(H2,9,10,11)/t2-,3-,4-,5?/m0/s1. The number of rotatable bonds is 3. The van der Waals surface area contributed by atoms with Crippen LogP contribution in [0.15, 0.2) is 0 Å². The smallest absolute Gasteiger partial charge is 0.387 e. The van der Waals surface area contributed by atoms with E-state index < -0.39 is 39.0 Å². The summed E-state index contributed by atoms with van der Waals surface area (Å²) < 4.78 is 18.9. The minimum absolute atomic E-state index is 0.612. The van der Waals surface area contributed by atoms with E-state index in [4.69, 9.17) is 25.1 Å². The van der Waals surface area contributed by atoms with Crippen LogP contribution in [0.4, 0.5) is 0 Å². The van der Waals surface area contributed by atoms with Crippen LogP contribution in [0.2, 0.25) is 0 Å². The molecular formula is C5H11O8P. The number of phosphoric ester groups is 1. The molecule has 14 heavy (non-hydrogen) atoms. The van der Waals surface area contributed by atoms with Gasteiger partial charge in [-0.1, -0.05) is 0 Å². The largest absolute Gasteiger partial charge is 0.469 e. The minimum Gasteiger partial charge on any atom is -0.387 e. The van der Waals surface area contributed by atoms with E-state index in [1.54, 1.807) is 0 Å². The molecule has 0 aromatic rings. The maximum atomic E-state index is 10.3. The molecule has 5 N–H and O–H groups in total. The van der Waals surface area contributed by atoms with E-state index in [1.807, 2.05) is 0 Å². The Hall–Kier alpha value is -0.0500. The van der Waals surface area contributed by atoms with Gasteiger partial charge in [0.1, 0.15) is 18.3 Å². The Morgan fingerprint density at radius 2 is 1.79 bits per heavy atom. The van der Waals surface area contributed by atoms with Gasteiger partial charge < -0.3 is 29.8 Å². The van der Waals surface area contributed by atoms with Crippen LogP contribution in [-0.2, 0) is 13.8 Å². The van der Waals surface area contributed by atoms with Crippen molar-refractivity contribution in [3.8, 4) is 0 Å². The highest BCUT2D eigenvalue weighted by atomic mass is 31.2. The third kappa shape index (κ3) is 2.97. The van der Waals surface area contributed by atoms with Gasteiger partial charge in [0.15, 0.2) is 6.29 Å². The average Bonchev–Trinajstić information content (AvgIpc) is 2.28. The van der Waals surface area contributed by atoms with Gasteiger partial charge in [-0.25, -0.2) is 4.57 Å². The van der Waals surface area contributed by atoms with Crippen LogP contribution in [0.25, 0.3) is 0 Å². The molecule has 1 unspecified atom stereocenters. The molecule has 0 aromatic carbocycles. The summed E-state index contributed by atoms with van der Waals surface area (Å²) in [5, 5.41) is 27.0. The fourth-order valence-electron chi connectivity index (χ4n) is 1.04. The first-order valence-electron chi connectivity index (χ1n) is 3.71. The molecule has 1 aliphatic heterocycles. The van der Waals surface area contributed by atoms with E-state index in [0.29, 0.717) is 0 Å². The van der Waals surface area contributed by atoms with E-state index in [1.165, 1.54) is 0 Å². The van der Waals surface area contributed by atoms with E-state index in [-0.39, 0.29) is 0 Å². The first-order chi connectivity index (χ1) is 6.31. The molecule has 1 fully saturated rings. The van der Waals surface area contributed by atoms with Gasteiger partial charge in [-0.15, -0.1) is 0 Å². The molecule has 1 heterocycles. The predicted molar refractivity (Wildman–Crippen MR) is 40.9 cm³/mol. The molecule has 0 amide bonds. The number of phosphoric acid groups is 1. The van der Waals surface area contributed by atoms with Gasteiger partial charge in [-0.05, 0) is 0 Å². The van der Waals surface area contributed by atoms with Crippen molar-refractivity contribution in [2.45, 2.75) is 24.6 Å². The Labute approximate surface area is 78.9 Å². The van der Waals surface area contributed by atoms with Crippen molar-refractivity contribution in [2.75, 3.05) is 6.61 Å². The molecule has 0 saturated carbocycles. The quantitative estimate of drug-likeness (QED) is 0.336. The Balaban J connectivity index is 2.44. The van der Waals surface area contributed by atoms with Gasteiger partial charge in [0.05, 0.1) is 6.61 Å². The van der Waals surface area contributed by atoms with Crippen LogP contribution in [0, 0.1) is 0 Å². The maximum Gasteiger partial charge on any atom is 0.469 e. The molecule has 4 atom stereocenters. The molecule has 0 bridgehead atoms. The normalized spacial score (nSPS) is 38.9. The van der Waals surface area contributed by atoms with Gasteiger partial charge in [-0.3, -0.25) is 4.52 Å². The van der Waals surface area contributed by atoms with Crippen LogP contribution in [-0.4, -0.2) is 56.3 Å². The predicted octanol–water partition coefficient (Wildman–Crippen LogP) is -2.47. The number of aliphatic hydroxyl groups excluding tert-OH is 3. The molecule has 1 saturated heterocycles. The van der Waals surface area contributed by atoms with Crippen LogP contribution >= 0.6 is 7.82 Å². The van der Waals surface area contributed by atoms with Crippen molar-refractivity contribution in [1.29, 1.82) is 0 Å². The van der Waals surface area contributed by atoms with Crippen molar-refractivity contribution in [3.05, 3.63) is 0 Å². The van der Waals surface area contributed by atoms with Gasteiger partial charge in [0.2, 0.25) is 0 Å². The van der Waals surface area contributed by atoms with Gasteiger partial charge in [-0.2, -0.15) is 0 Å². The molecule has 0 radical (unpaired) electrons. The van der Waals surface area contributed by atoms with Gasteiger partial charge >= 0.3 is 7.82 Å². The summed E-state index contributed by atoms with van der Waals surface area (Å²) >= 11 is 0. The fourth-order valence-corrected chi connectivity index (χ4v) is 1.38. The summed E-state index contributed by atoms with van der Waals surface area (Å²) in [6.07, 6.45) is -5.67. The third-order valence-electron chi connectivity index (χ3n) is 1.74. The molecule has 84 valence electrons. The topological polar surface area (TPSA) is 137 Å². The SMILES string of the molecule is O=P(O)(O)OC[C@@H]1OC(O)[C@@H](O)[C@H]1O. The van der Waals surface area contributed by atoms with Crippen LogP contribution in [0.1, 0.15) is 0 Å². The summed E-state index contributed by atoms with van der Waals surface area (Å²) in [6.45, 7) is -0.612. The highest BCUT2D eigenvalue weighted by Gasteiger charge is 2.42. The lowest BCUT2D eigenvalue weighted by Gasteiger charge is -2.14. The molecule has 8 nitrogen and oxygen atoms in total. The Bertz CT molecular complexity index is 238. The fraction of sp³-hybridized carbons (Fsp3) is 1.00. The Morgan fingerprint density at radius 3 is 2.14 bits per heavy atom. The van der Waals surface area contributed by atoms with Crippen molar-refractivity contribution in [1.82, 2.24) is 0 Å². The Morgan fingerprint density at radius 1 is 1.21 bits per heavy atom. The van der Waals surface area contributed by atoms with Crippen molar-refractivity contribution < 1.29 is 38.9 Å². The van der Waals surface area contributed by atoms with Crippen LogP contribution in [0.5, 0.6) is 0 Å². The second-order valence-electron chi connectivity index (χ2n) is 2.83. The van der Waals surface area contributed by atoms with Gasteiger partial charge in [0.25, 0.3) is 0 Å². The first-order valence-corrected chi connectivity index (χ1v) is 5.24. The molecule has 1 rings (SSSR count). The zero-order valence-electron chi connectivity index (χ0n) is 6.92. The monoisotopic (exact) mass is 230 g/mol. The number of ether oxygens (including phenoxy) is 1. The highest BCUT2D eigenvalue weighted by Crippen LogP contribution is 2.36. The average molecular weight is 230 g/mol. The Kier molecular flexibility index (Phi) is 3.62. The second kappa shape index (κ2) is 4.21. The van der Waals surface area contributed by atoms with Crippen LogP contribution in [0.3, 0.4) is 0 Å². The third-order valence-corrected chi connectivity index (χ3v) is 2.23. The minimum atomic E-state index is -4.64. The maximum absolute atomic E-state index is 10.3. The van der Waals surface area contributed by atoms with Crippen LogP contribution < -0.4 is 0 Å². The molecule has 9 heteroatoms. The van der Waals surface area contributed by atoms with Crippen molar-refractivity contribution in [3.63, 3.8) is 0 Å². The molecule has 0 aliphatic carbocycles.